The van der Waals surface area contributed by atoms with Crippen molar-refractivity contribution in [1.29, 1.82) is 0 Å². The molecule has 1 aromatic rings. The first-order chi connectivity index (χ1) is 10.4. The van der Waals surface area contributed by atoms with E-state index in [1.54, 1.807) is 30.0 Å². The van der Waals surface area contributed by atoms with Gasteiger partial charge in [0.2, 0.25) is 5.91 Å². The highest BCUT2D eigenvalue weighted by molar-refractivity contribution is 7.86. The van der Waals surface area contributed by atoms with Crippen LogP contribution in [-0.2, 0) is 19.1 Å². The van der Waals surface area contributed by atoms with Crippen LogP contribution < -0.4 is 0 Å². The van der Waals surface area contributed by atoms with E-state index in [1.165, 1.54) is 18.2 Å². The molecule has 1 fully saturated rings. The molecule has 1 aliphatic rings. The van der Waals surface area contributed by atoms with Crippen molar-refractivity contribution in [3.05, 3.63) is 42.0 Å². The summed E-state index contributed by atoms with van der Waals surface area (Å²) in [4.78, 5) is 13.6. The Labute approximate surface area is 131 Å². The van der Waals surface area contributed by atoms with Crippen LogP contribution in [-0.4, -0.2) is 38.4 Å². The third-order valence-corrected chi connectivity index (χ3v) is 4.95. The van der Waals surface area contributed by atoms with Gasteiger partial charge in [0.25, 0.3) is 10.1 Å². The average Bonchev–Trinajstić information content (AvgIpc) is 2.48. The summed E-state index contributed by atoms with van der Waals surface area (Å²) in [6.07, 6.45) is 4.03. The summed E-state index contributed by atoms with van der Waals surface area (Å²) in [5.74, 6) is -0.108. The van der Waals surface area contributed by atoms with Crippen LogP contribution in [0.5, 0.6) is 0 Å². The standard InChI is InChI=1S/C16H21NO4S/c1-3-5-16(18)17-11-4-6-14(12-17)21-22(19,20)15-9-7-13(2)8-10-15/h3,5,7-10,14H,4,6,11-12H2,1-2H3. The first-order valence-corrected chi connectivity index (χ1v) is 8.75. The first-order valence-electron chi connectivity index (χ1n) is 7.34. The van der Waals surface area contributed by atoms with Crippen molar-refractivity contribution in [2.24, 2.45) is 0 Å². The van der Waals surface area contributed by atoms with E-state index in [2.05, 4.69) is 0 Å². The number of rotatable bonds is 4. The fraction of sp³-hybridized carbons (Fsp3) is 0.438. The van der Waals surface area contributed by atoms with Gasteiger partial charge >= 0.3 is 0 Å². The van der Waals surface area contributed by atoms with Crippen molar-refractivity contribution in [1.82, 2.24) is 4.90 Å². The van der Waals surface area contributed by atoms with E-state index in [0.717, 1.165) is 12.0 Å². The zero-order valence-corrected chi connectivity index (χ0v) is 13.7. The predicted octanol–water partition coefficient (Wildman–Crippen LogP) is 2.27. The number of amides is 1. The van der Waals surface area contributed by atoms with Crippen molar-refractivity contribution in [3.63, 3.8) is 0 Å². The summed E-state index contributed by atoms with van der Waals surface area (Å²) >= 11 is 0. The lowest BCUT2D eigenvalue weighted by Crippen LogP contribution is -2.43. The average molecular weight is 323 g/mol. The predicted molar refractivity (Wildman–Crippen MR) is 83.9 cm³/mol. The largest absolute Gasteiger partial charge is 0.337 e. The molecule has 22 heavy (non-hydrogen) atoms. The fourth-order valence-electron chi connectivity index (χ4n) is 2.40. The van der Waals surface area contributed by atoms with E-state index in [-0.39, 0.29) is 10.8 Å². The molecule has 2 rings (SSSR count). The number of hydrogen-bond acceptors (Lipinski definition) is 4. The number of carbonyl (C=O) groups excluding carboxylic acids is 1. The highest BCUT2D eigenvalue weighted by atomic mass is 32.2. The molecule has 0 aliphatic carbocycles. The zero-order chi connectivity index (χ0) is 16.2. The van der Waals surface area contributed by atoms with E-state index in [4.69, 9.17) is 4.18 Å². The fourth-order valence-corrected chi connectivity index (χ4v) is 3.50. The van der Waals surface area contributed by atoms with Gasteiger partial charge in [-0.15, -0.1) is 0 Å². The molecule has 0 saturated carbocycles. The molecule has 1 aliphatic heterocycles. The minimum Gasteiger partial charge on any atom is -0.337 e. The zero-order valence-electron chi connectivity index (χ0n) is 12.9. The maximum absolute atomic E-state index is 12.3. The monoisotopic (exact) mass is 323 g/mol. The summed E-state index contributed by atoms with van der Waals surface area (Å²) in [6, 6.07) is 6.55. The molecule has 1 heterocycles. The Kier molecular flexibility index (Phi) is 5.37. The van der Waals surface area contributed by atoms with Crippen molar-refractivity contribution in [2.75, 3.05) is 13.1 Å². The summed E-state index contributed by atoms with van der Waals surface area (Å²) in [5.41, 5.74) is 0.986. The van der Waals surface area contributed by atoms with Gasteiger partial charge in [0, 0.05) is 13.1 Å². The second-order valence-corrected chi connectivity index (χ2v) is 6.98. The third-order valence-electron chi connectivity index (χ3n) is 3.57. The lowest BCUT2D eigenvalue weighted by atomic mass is 10.1. The number of carbonyl (C=O) groups is 1. The number of aryl methyl sites for hydroxylation is 1. The van der Waals surface area contributed by atoms with Crippen molar-refractivity contribution >= 4 is 16.0 Å². The minimum atomic E-state index is -3.79. The molecule has 120 valence electrons. The maximum atomic E-state index is 12.3. The van der Waals surface area contributed by atoms with Gasteiger partial charge in [0.15, 0.2) is 0 Å². The molecule has 1 saturated heterocycles. The number of likely N-dealkylation sites (tertiary alicyclic amines) is 1. The molecule has 0 aromatic heterocycles. The van der Waals surface area contributed by atoms with E-state index >= 15 is 0 Å². The van der Waals surface area contributed by atoms with Crippen LogP contribution in [0.2, 0.25) is 0 Å². The smallest absolute Gasteiger partial charge is 0.297 e. The number of allylic oxidation sites excluding steroid dienone is 1. The van der Waals surface area contributed by atoms with Gasteiger partial charge in [-0.05, 0) is 44.9 Å². The Balaban J connectivity index is 2.06. The lowest BCUT2D eigenvalue weighted by molar-refractivity contribution is -0.128. The van der Waals surface area contributed by atoms with Gasteiger partial charge in [-0.1, -0.05) is 23.8 Å². The van der Waals surface area contributed by atoms with E-state index in [0.29, 0.717) is 19.5 Å². The minimum absolute atomic E-state index is 0.108. The van der Waals surface area contributed by atoms with Crippen LogP contribution in [0.1, 0.15) is 25.3 Å². The van der Waals surface area contributed by atoms with Crippen LogP contribution in [0.3, 0.4) is 0 Å². The van der Waals surface area contributed by atoms with Crippen LogP contribution in [0, 0.1) is 6.92 Å². The third kappa shape index (κ3) is 4.18. The van der Waals surface area contributed by atoms with Crippen molar-refractivity contribution in [2.45, 2.75) is 37.7 Å². The van der Waals surface area contributed by atoms with Crippen LogP contribution >= 0.6 is 0 Å². The molecule has 1 amide bonds. The number of nitrogens with zero attached hydrogens (tertiary/aromatic N) is 1. The molecule has 0 bridgehead atoms. The first kappa shape index (κ1) is 16.7. The number of hydrogen-bond donors (Lipinski definition) is 0. The highest BCUT2D eigenvalue weighted by Crippen LogP contribution is 2.20. The molecule has 1 unspecified atom stereocenters. The van der Waals surface area contributed by atoms with Crippen LogP contribution in [0.4, 0.5) is 0 Å². The van der Waals surface area contributed by atoms with Gasteiger partial charge < -0.3 is 4.90 Å². The molecule has 6 heteroatoms. The number of piperidine rings is 1. The van der Waals surface area contributed by atoms with Gasteiger partial charge in [0.1, 0.15) is 0 Å². The maximum Gasteiger partial charge on any atom is 0.297 e. The quantitative estimate of drug-likeness (QED) is 0.630. The molecule has 0 N–H and O–H groups in total. The second-order valence-electron chi connectivity index (χ2n) is 5.41. The molecule has 0 radical (unpaired) electrons. The summed E-state index contributed by atoms with van der Waals surface area (Å²) in [5, 5.41) is 0. The van der Waals surface area contributed by atoms with Gasteiger partial charge in [-0.25, -0.2) is 0 Å². The molecule has 5 nitrogen and oxygen atoms in total. The lowest BCUT2D eigenvalue weighted by Gasteiger charge is -2.31. The Morgan fingerprint density at radius 1 is 1.32 bits per heavy atom. The normalized spacial score (nSPS) is 19.5. The number of benzene rings is 1. The summed E-state index contributed by atoms with van der Waals surface area (Å²) < 4.78 is 29.9. The Bertz CT molecular complexity index is 649. The van der Waals surface area contributed by atoms with Gasteiger partial charge in [0.05, 0.1) is 11.0 Å². The summed E-state index contributed by atoms with van der Waals surface area (Å²) in [7, 11) is -3.79. The van der Waals surface area contributed by atoms with Crippen molar-refractivity contribution in [3.8, 4) is 0 Å². The van der Waals surface area contributed by atoms with E-state index < -0.39 is 16.2 Å². The molecule has 1 aromatic carbocycles. The van der Waals surface area contributed by atoms with Crippen LogP contribution in [0.15, 0.2) is 41.3 Å². The van der Waals surface area contributed by atoms with Gasteiger partial charge in [-0.3, -0.25) is 8.98 Å². The highest BCUT2D eigenvalue weighted by Gasteiger charge is 2.28. The summed E-state index contributed by atoms with van der Waals surface area (Å²) in [6.45, 7) is 4.60. The Hall–Kier alpha value is -1.66. The van der Waals surface area contributed by atoms with Gasteiger partial charge in [-0.2, -0.15) is 8.42 Å². The molecular weight excluding hydrogens is 302 g/mol. The SMILES string of the molecule is CC=CC(=O)N1CCCC(OS(=O)(=O)c2ccc(C)cc2)C1. The molecular formula is C16H21NO4S. The molecule has 1 atom stereocenters. The Morgan fingerprint density at radius 3 is 2.64 bits per heavy atom. The topological polar surface area (TPSA) is 63.7 Å². The van der Waals surface area contributed by atoms with E-state index in [1.807, 2.05) is 6.92 Å². The van der Waals surface area contributed by atoms with E-state index in [9.17, 15) is 13.2 Å². The molecule has 0 spiro atoms. The van der Waals surface area contributed by atoms with Crippen molar-refractivity contribution < 1.29 is 17.4 Å². The Morgan fingerprint density at radius 2 is 2.00 bits per heavy atom. The second kappa shape index (κ2) is 7.07. The van der Waals surface area contributed by atoms with Crippen LogP contribution in [0.25, 0.3) is 0 Å².